The molecule has 3 aromatic rings. The van der Waals surface area contributed by atoms with Crippen molar-refractivity contribution in [1.29, 1.82) is 0 Å². The summed E-state index contributed by atoms with van der Waals surface area (Å²) >= 11 is 0. The molecule has 28 heavy (non-hydrogen) atoms. The predicted molar refractivity (Wildman–Crippen MR) is 110 cm³/mol. The van der Waals surface area contributed by atoms with Gasteiger partial charge in [-0.1, -0.05) is 35.4 Å². The third-order valence-electron chi connectivity index (χ3n) is 5.20. The van der Waals surface area contributed by atoms with Crippen LogP contribution in [0.4, 0.5) is 5.69 Å². The second kappa shape index (κ2) is 7.43. The number of aromatic nitrogens is 1. The Morgan fingerprint density at radius 2 is 1.86 bits per heavy atom. The van der Waals surface area contributed by atoms with E-state index in [0.717, 1.165) is 29.3 Å². The van der Waals surface area contributed by atoms with Gasteiger partial charge in [0, 0.05) is 23.8 Å². The van der Waals surface area contributed by atoms with E-state index in [-0.39, 0.29) is 6.04 Å². The minimum atomic E-state index is -0.598. The van der Waals surface area contributed by atoms with E-state index in [2.05, 4.69) is 42.3 Å². The van der Waals surface area contributed by atoms with Gasteiger partial charge >= 0.3 is 11.8 Å². The highest BCUT2D eigenvalue weighted by Gasteiger charge is 2.33. The van der Waals surface area contributed by atoms with E-state index >= 15 is 0 Å². The molecule has 5 nitrogen and oxygen atoms in total. The van der Waals surface area contributed by atoms with E-state index in [1.54, 1.807) is 17.2 Å². The molecule has 1 aliphatic heterocycles. The molecule has 1 aliphatic rings. The van der Waals surface area contributed by atoms with Gasteiger partial charge in [-0.3, -0.25) is 14.6 Å². The second-order valence-electron chi connectivity index (χ2n) is 7.44. The molecule has 4 rings (SSSR count). The summed E-state index contributed by atoms with van der Waals surface area (Å²) in [6, 6.07) is 15.5. The highest BCUT2D eigenvalue weighted by atomic mass is 16.2. The molecule has 2 aromatic carbocycles. The van der Waals surface area contributed by atoms with Crippen LogP contribution in [-0.4, -0.2) is 28.2 Å². The highest BCUT2D eigenvalue weighted by molar-refractivity contribution is 6.39. The fourth-order valence-electron chi connectivity index (χ4n) is 4.03. The van der Waals surface area contributed by atoms with Crippen molar-refractivity contribution in [3.8, 4) is 0 Å². The van der Waals surface area contributed by atoms with Crippen molar-refractivity contribution in [2.75, 3.05) is 11.9 Å². The lowest BCUT2D eigenvalue weighted by atomic mass is 9.99. The topological polar surface area (TPSA) is 62.3 Å². The van der Waals surface area contributed by atoms with Crippen molar-refractivity contribution < 1.29 is 9.59 Å². The zero-order valence-electron chi connectivity index (χ0n) is 16.1. The zero-order valence-corrected chi connectivity index (χ0v) is 16.1. The van der Waals surface area contributed by atoms with Crippen molar-refractivity contribution in [1.82, 2.24) is 9.88 Å². The van der Waals surface area contributed by atoms with Crippen LogP contribution < -0.4 is 5.32 Å². The van der Waals surface area contributed by atoms with Gasteiger partial charge in [0.15, 0.2) is 0 Å². The molecule has 2 heterocycles. The van der Waals surface area contributed by atoms with E-state index in [9.17, 15) is 9.59 Å². The van der Waals surface area contributed by atoms with Crippen LogP contribution >= 0.6 is 0 Å². The number of carbonyl (C=O) groups excluding carboxylic acids is 2. The molecule has 1 atom stereocenters. The van der Waals surface area contributed by atoms with Crippen LogP contribution in [-0.2, 0) is 9.59 Å². The van der Waals surface area contributed by atoms with Gasteiger partial charge in [-0.25, -0.2) is 0 Å². The van der Waals surface area contributed by atoms with E-state index < -0.39 is 11.8 Å². The Labute approximate surface area is 164 Å². The molecule has 0 spiro atoms. The number of nitrogens with zero attached hydrogens (tertiary/aromatic N) is 2. The van der Waals surface area contributed by atoms with Crippen LogP contribution in [0.5, 0.6) is 0 Å². The van der Waals surface area contributed by atoms with E-state index in [0.29, 0.717) is 12.2 Å². The maximum atomic E-state index is 12.9. The predicted octanol–water partition coefficient (Wildman–Crippen LogP) is 4.15. The summed E-state index contributed by atoms with van der Waals surface area (Å²) in [5, 5.41) is 3.67. The molecule has 0 saturated carbocycles. The lowest BCUT2D eigenvalue weighted by Gasteiger charge is -2.25. The molecule has 0 radical (unpaired) electrons. The molecule has 0 bridgehead atoms. The first-order valence-electron chi connectivity index (χ1n) is 9.56. The summed E-state index contributed by atoms with van der Waals surface area (Å²) in [7, 11) is 0. The molecule has 1 N–H and O–H groups in total. The molecule has 1 unspecified atom stereocenters. The zero-order chi connectivity index (χ0) is 19.7. The summed E-state index contributed by atoms with van der Waals surface area (Å²) in [6.45, 7) is 4.71. The number of hydrogen-bond donors (Lipinski definition) is 1. The molecule has 2 amide bonds. The molecule has 0 aliphatic carbocycles. The number of pyridine rings is 1. The van der Waals surface area contributed by atoms with Gasteiger partial charge in [0.2, 0.25) is 0 Å². The van der Waals surface area contributed by atoms with Crippen molar-refractivity contribution >= 4 is 28.4 Å². The lowest BCUT2D eigenvalue weighted by molar-refractivity contribution is -0.143. The molecule has 142 valence electrons. The molecule has 1 saturated heterocycles. The van der Waals surface area contributed by atoms with Crippen molar-refractivity contribution in [2.24, 2.45) is 0 Å². The van der Waals surface area contributed by atoms with Crippen LogP contribution in [0.1, 0.15) is 35.6 Å². The van der Waals surface area contributed by atoms with Gasteiger partial charge in [-0.05, 0) is 56.5 Å². The minimum absolute atomic E-state index is 0.0438. The van der Waals surface area contributed by atoms with E-state index in [4.69, 9.17) is 0 Å². The molecule has 5 heteroatoms. The molecule has 1 aromatic heterocycles. The number of anilines is 1. The average Bonchev–Trinajstić information content (AvgIpc) is 3.16. The van der Waals surface area contributed by atoms with Gasteiger partial charge in [-0.2, -0.15) is 0 Å². The summed E-state index contributed by atoms with van der Waals surface area (Å²) in [5.41, 5.74) is 4.89. The van der Waals surface area contributed by atoms with Crippen LogP contribution in [0.3, 0.4) is 0 Å². The number of rotatable bonds is 2. The van der Waals surface area contributed by atoms with Gasteiger partial charge in [0.1, 0.15) is 0 Å². The maximum Gasteiger partial charge on any atom is 0.313 e. The third-order valence-corrected chi connectivity index (χ3v) is 5.20. The summed E-state index contributed by atoms with van der Waals surface area (Å²) in [6.07, 6.45) is 3.51. The molecular formula is C23H23N3O2. The number of hydrogen-bond acceptors (Lipinski definition) is 3. The number of aryl methyl sites for hydroxylation is 2. The summed E-state index contributed by atoms with van der Waals surface area (Å²) in [4.78, 5) is 31.5. The van der Waals surface area contributed by atoms with Crippen LogP contribution in [0, 0.1) is 13.8 Å². The molecule has 1 fully saturated rings. The fraction of sp³-hybridized carbons (Fsp3) is 0.261. The first-order chi connectivity index (χ1) is 13.5. The van der Waals surface area contributed by atoms with E-state index in [1.165, 1.54) is 11.1 Å². The van der Waals surface area contributed by atoms with Crippen LogP contribution in [0.25, 0.3) is 10.9 Å². The number of benzene rings is 2. The van der Waals surface area contributed by atoms with Crippen LogP contribution in [0.2, 0.25) is 0 Å². The number of carbonyl (C=O) groups is 2. The van der Waals surface area contributed by atoms with Crippen molar-refractivity contribution in [3.05, 3.63) is 71.4 Å². The Morgan fingerprint density at radius 1 is 1.07 bits per heavy atom. The fourth-order valence-corrected chi connectivity index (χ4v) is 4.03. The van der Waals surface area contributed by atoms with E-state index in [1.807, 2.05) is 24.3 Å². The number of nitrogens with one attached hydrogen (secondary N) is 1. The van der Waals surface area contributed by atoms with Gasteiger partial charge < -0.3 is 10.2 Å². The Balaban J connectivity index is 1.52. The van der Waals surface area contributed by atoms with Crippen molar-refractivity contribution in [3.63, 3.8) is 0 Å². The summed E-state index contributed by atoms with van der Waals surface area (Å²) in [5.74, 6) is -1.08. The Kier molecular flexibility index (Phi) is 4.82. The van der Waals surface area contributed by atoms with Gasteiger partial charge in [-0.15, -0.1) is 0 Å². The summed E-state index contributed by atoms with van der Waals surface area (Å²) < 4.78 is 0. The minimum Gasteiger partial charge on any atom is -0.327 e. The SMILES string of the molecule is Cc1cc(C)cc(C2CCCN2C(=O)C(=O)Nc2ccc3ncccc3c2)c1. The number of amides is 2. The molecular weight excluding hydrogens is 350 g/mol. The highest BCUT2D eigenvalue weighted by Crippen LogP contribution is 2.33. The first-order valence-corrected chi connectivity index (χ1v) is 9.56. The van der Waals surface area contributed by atoms with Gasteiger partial charge in [0.25, 0.3) is 0 Å². The maximum absolute atomic E-state index is 12.9. The average molecular weight is 373 g/mol. The second-order valence-corrected chi connectivity index (χ2v) is 7.44. The normalized spacial score (nSPS) is 16.4. The lowest BCUT2D eigenvalue weighted by Crippen LogP contribution is -2.39. The third kappa shape index (κ3) is 3.60. The Morgan fingerprint density at radius 3 is 2.64 bits per heavy atom. The van der Waals surface area contributed by atoms with Gasteiger partial charge in [0.05, 0.1) is 11.6 Å². The Hall–Kier alpha value is -3.21. The monoisotopic (exact) mass is 373 g/mol. The quantitative estimate of drug-likeness (QED) is 0.686. The smallest absolute Gasteiger partial charge is 0.313 e. The van der Waals surface area contributed by atoms with Crippen molar-refractivity contribution in [2.45, 2.75) is 32.7 Å². The first kappa shape index (κ1) is 18.2. The van der Waals surface area contributed by atoms with Crippen LogP contribution in [0.15, 0.2) is 54.7 Å². The largest absolute Gasteiger partial charge is 0.327 e. The number of fused-ring (bicyclic) bond motifs is 1. The number of likely N-dealkylation sites (tertiary alicyclic amines) is 1. The Bertz CT molecular complexity index is 1040. The standard InChI is InChI=1S/C23H23N3O2/c1-15-11-16(2)13-18(12-15)21-6-4-10-26(21)23(28)22(27)25-19-7-8-20-17(14-19)5-3-9-24-20/h3,5,7-9,11-14,21H,4,6,10H2,1-2H3,(H,25,27).